The molecule has 0 saturated carbocycles. The smallest absolute Gasteiger partial charge is 0.239 e. The second kappa shape index (κ2) is 5.47. The van der Waals surface area contributed by atoms with Crippen LogP contribution in [-0.4, -0.2) is 55.0 Å². The number of piperidine rings is 1. The van der Waals surface area contributed by atoms with Gasteiger partial charge in [-0.1, -0.05) is 6.92 Å². The van der Waals surface area contributed by atoms with Crippen molar-refractivity contribution in [3.63, 3.8) is 0 Å². The first-order chi connectivity index (χ1) is 7.06. The fourth-order valence-electron chi connectivity index (χ4n) is 2.01. The summed E-state index contributed by atoms with van der Waals surface area (Å²) in [5, 5.41) is 0. The van der Waals surface area contributed by atoms with Crippen molar-refractivity contribution < 1.29 is 4.79 Å². The van der Waals surface area contributed by atoms with E-state index in [0.29, 0.717) is 6.04 Å². The molecule has 1 saturated heterocycles. The molecule has 1 unspecified atom stereocenters. The van der Waals surface area contributed by atoms with Crippen molar-refractivity contribution in [3.8, 4) is 0 Å². The minimum absolute atomic E-state index is 0.120. The standard InChI is InChI=1S/C11H23N3O/c1-4-10(12)11(15)14-7-5-9(6-8-14)13(2)3/h9-10H,4-8,12H2,1-3H3. The summed E-state index contributed by atoms with van der Waals surface area (Å²) >= 11 is 0. The molecule has 2 N–H and O–H groups in total. The number of nitrogens with two attached hydrogens (primary N) is 1. The van der Waals surface area contributed by atoms with Crippen LogP contribution >= 0.6 is 0 Å². The van der Waals surface area contributed by atoms with Crippen molar-refractivity contribution in [1.82, 2.24) is 9.80 Å². The zero-order valence-electron chi connectivity index (χ0n) is 10.1. The molecule has 0 aromatic heterocycles. The zero-order chi connectivity index (χ0) is 11.4. The van der Waals surface area contributed by atoms with E-state index < -0.39 is 0 Å². The summed E-state index contributed by atoms with van der Waals surface area (Å²) in [6.07, 6.45) is 2.86. The van der Waals surface area contributed by atoms with E-state index in [0.717, 1.165) is 32.4 Å². The molecule has 1 heterocycles. The predicted molar refractivity (Wildman–Crippen MR) is 61.6 cm³/mol. The van der Waals surface area contributed by atoms with Gasteiger partial charge in [-0.3, -0.25) is 4.79 Å². The highest BCUT2D eigenvalue weighted by Gasteiger charge is 2.25. The Labute approximate surface area is 92.4 Å². The first-order valence-corrected chi connectivity index (χ1v) is 5.77. The lowest BCUT2D eigenvalue weighted by molar-refractivity contribution is -0.134. The average molecular weight is 213 g/mol. The number of carbonyl (C=O) groups is 1. The summed E-state index contributed by atoms with van der Waals surface area (Å²) in [7, 11) is 4.19. The third-order valence-electron chi connectivity index (χ3n) is 3.26. The summed E-state index contributed by atoms with van der Waals surface area (Å²) in [6.45, 7) is 3.67. The Morgan fingerprint density at radius 2 is 2.00 bits per heavy atom. The monoisotopic (exact) mass is 213 g/mol. The van der Waals surface area contributed by atoms with E-state index in [4.69, 9.17) is 5.73 Å². The molecule has 0 aliphatic carbocycles. The van der Waals surface area contributed by atoms with Crippen molar-refractivity contribution in [1.29, 1.82) is 0 Å². The van der Waals surface area contributed by atoms with Crippen molar-refractivity contribution in [2.45, 2.75) is 38.3 Å². The molecule has 4 heteroatoms. The van der Waals surface area contributed by atoms with Gasteiger partial charge in [-0.05, 0) is 33.4 Å². The van der Waals surface area contributed by atoms with Crippen LogP contribution in [0.25, 0.3) is 0 Å². The van der Waals surface area contributed by atoms with Gasteiger partial charge in [0, 0.05) is 19.1 Å². The van der Waals surface area contributed by atoms with Crippen molar-refractivity contribution in [2.75, 3.05) is 27.2 Å². The molecule has 1 amide bonds. The lowest BCUT2D eigenvalue weighted by atomic mass is 10.0. The average Bonchev–Trinajstić information content (AvgIpc) is 2.27. The Morgan fingerprint density at radius 3 is 2.40 bits per heavy atom. The van der Waals surface area contributed by atoms with Gasteiger partial charge in [0.05, 0.1) is 6.04 Å². The third kappa shape index (κ3) is 3.18. The molecule has 88 valence electrons. The van der Waals surface area contributed by atoms with E-state index in [1.54, 1.807) is 0 Å². The van der Waals surface area contributed by atoms with E-state index in [1.165, 1.54) is 0 Å². The number of amides is 1. The lowest BCUT2D eigenvalue weighted by Crippen LogP contribution is -2.49. The number of hydrogen-bond donors (Lipinski definition) is 1. The van der Waals surface area contributed by atoms with Crippen LogP contribution in [0.15, 0.2) is 0 Å². The molecule has 0 spiro atoms. The van der Waals surface area contributed by atoms with Crippen LogP contribution in [-0.2, 0) is 4.79 Å². The highest BCUT2D eigenvalue weighted by molar-refractivity contribution is 5.81. The lowest BCUT2D eigenvalue weighted by Gasteiger charge is -2.36. The SMILES string of the molecule is CCC(N)C(=O)N1CCC(N(C)C)CC1. The van der Waals surface area contributed by atoms with Crippen molar-refractivity contribution in [3.05, 3.63) is 0 Å². The Bertz CT molecular complexity index is 210. The molecule has 1 atom stereocenters. The Balaban J connectivity index is 2.40. The maximum atomic E-state index is 11.8. The molecule has 0 aromatic rings. The Hall–Kier alpha value is -0.610. The molecule has 0 bridgehead atoms. The van der Waals surface area contributed by atoms with Gasteiger partial charge in [0.25, 0.3) is 0 Å². The topological polar surface area (TPSA) is 49.6 Å². The molecule has 0 aromatic carbocycles. The number of likely N-dealkylation sites (tertiary alicyclic amines) is 1. The maximum absolute atomic E-state index is 11.8. The fourth-order valence-corrected chi connectivity index (χ4v) is 2.01. The van der Waals surface area contributed by atoms with Crippen LogP contribution in [0.5, 0.6) is 0 Å². The molecular weight excluding hydrogens is 190 g/mol. The summed E-state index contributed by atoms with van der Waals surface area (Å²) in [5.41, 5.74) is 5.74. The Morgan fingerprint density at radius 1 is 1.47 bits per heavy atom. The van der Waals surface area contributed by atoms with Gasteiger partial charge in [0.2, 0.25) is 5.91 Å². The molecule has 15 heavy (non-hydrogen) atoms. The minimum atomic E-state index is -0.305. The van der Waals surface area contributed by atoms with Gasteiger partial charge in [-0.15, -0.1) is 0 Å². The van der Waals surface area contributed by atoms with Crippen molar-refractivity contribution >= 4 is 5.91 Å². The van der Waals surface area contributed by atoms with Crippen LogP contribution in [0.2, 0.25) is 0 Å². The van der Waals surface area contributed by atoms with Crippen LogP contribution in [0.4, 0.5) is 0 Å². The fraction of sp³-hybridized carbons (Fsp3) is 0.909. The molecule has 1 fully saturated rings. The van der Waals surface area contributed by atoms with Crippen molar-refractivity contribution in [2.24, 2.45) is 5.73 Å². The summed E-state index contributed by atoms with van der Waals surface area (Å²) in [4.78, 5) is 15.9. The van der Waals surface area contributed by atoms with Crippen LogP contribution in [0.1, 0.15) is 26.2 Å². The number of nitrogens with zero attached hydrogens (tertiary/aromatic N) is 2. The molecule has 1 aliphatic rings. The maximum Gasteiger partial charge on any atom is 0.239 e. The highest BCUT2D eigenvalue weighted by Crippen LogP contribution is 2.14. The van der Waals surface area contributed by atoms with Gasteiger partial charge in [-0.25, -0.2) is 0 Å². The minimum Gasteiger partial charge on any atom is -0.341 e. The van der Waals surface area contributed by atoms with Gasteiger partial charge in [-0.2, -0.15) is 0 Å². The van der Waals surface area contributed by atoms with Crippen LogP contribution in [0, 0.1) is 0 Å². The number of carbonyl (C=O) groups excluding carboxylic acids is 1. The van der Waals surface area contributed by atoms with E-state index in [2.05, 4.69) is 19.0 Å². The van der Waals surface area contributed by atoms with Gasteiger partial charge in [0.1, 0.15) is 0 Å². The Kier molecular flexibility index (Phi) is 4.54. The second-order valence-corrected chi connectivity index (χ2v) is 4.53. The molecule has 4 nitrogen and oxygen atoms in total. The van der Waals surface area contributed by atoms with Crippen LogP contribution in [0.3, 0.4) is 0 Å². The largest absolute Gasteiger partial charge is 0.341 e. The highest BCUT2D eigenvalue weighted by atomic mass is 16.2. The first kappa shape index (κ1) is 12.5. The normalized spacial score (nSPS) is 20.7. The zero-order valence-corrected chi connectivity index (χ0v) is 10.1. The second-order valence-electron chi connectivity index (χ2n) is 4.53. The number of hydrogen-bond acceptors (Lipinski definition) is 3. The van der Waals surface area contributed by atoms with Gasteiger partial charge >= 0.3 is 0 Å². The first-order valence-electron chi connectivity index (χ1n) is 5.77. The molecule has 0 radical (unpaired) electrons. The summed E-state index contributed by atoms with van der Waals surface area (Å²) in [5.74, 6) is 0.120. The quantitative estimate of drug-likeness (QED) is 0.732. The van der Waals surface area contributed by atoms with E-state index >= 15 is 0 Å². The predicted octanol–water partition coefficient (Wildman–Crippen LogP) is 0.276. The van der Waals surface area contributed by atoms with Gasteiger partial charge < -0.3 is 15.5 Å². The summed E-state index contributed by atoms with van der Waals surface area (Å²) < 4.78 is 0. The van der Waals surface area contributed by atoms with E-state index in [-0.39, 0.29) is 11.9 Å². The number of rotatable bonds is 3. The molecule has 1 aliphatic heterocycles. The third-order valence-corrected chi connectivity index (χ3v) is 3.26. The van der Waals surface area contributed by atoms with Gasteiger partial charge in [0.15, 0.2) is 0 Å². The summed E-state index contributed by atoms with van der Waals surface area (Å²) in [6, 6.07) is 0.313. The molecular formula is C11H23N3O. The van der Waals surface area contributed by atoms with Crippen LogP contribution < -0.4 is 5.73 Å². The van der Waals surface area contributed by atoms with E-state index in [9.17, 15) is 4.79 Å². The molecule has 1 rings (SSSR count). The van der Waals surface area contributed by atoms with E-state index in [1.807, 2.05) is 11.8 Å².